The number of nitriles is 1. The molecule has 0 radical (unpaired) electrons. The fourth-order valence-electron chi connectivity index (χ4n) is 4.32. The number of carbonyl (C=O) groups is 4. The highest BCUT2D eigenvalue weighted by molar-refractivity contribution is 6.10. The topological polar surface area (TPSA) is 148 Å². The van der Waals surface area contributed by atoms with E-state index in [0.29, 0.717) is 17.5 Å². The van der Waals surface area contributed by atoms with Crippen LogP contribution in [0.4, 0.5) is 0 Å². The molecule has 4 atom stereocenters. The summed E-state index contributed by atoms with van der Waals surface area (Å²) in [5, 5.41) is 31.0. The SMILES string of the molecule is CCCCN1C(=O)C2C(c3ccc(C#N)cc3)NC(CC(=O)O)(C(=O)O)C2C1=O. The van der Waals surface area contributed by atoms with E-state index in [-0.39, 0.29) is 6.54 Å². The average Bonchev–Trinajstić information content (AvgIpc) is 3.15. The van der Waals surface area contributed by atoms with Crippen molar-refractivity contribution in [3.8, 4) is 6.07 Å². The van der Waals surface area contributed by atoms with E-state index >= 15 is 0 Å². The molecule has 4 unspecified atom stereocenters. The van der Waals surface area contributed by atoms with Crippen LogP contribution in [-0.2, 0) is 19.2 Å². The molecule has 152 valence electrons. The Labute approximate surface area is 166 Å². The van der Waals surface area contributed by atoms with Crippen LogP contribution in [0.25, 0.3) is 0 Å². The second-order valence-corrected chi connectivity index (χ2v) is 7.39. The summed E-state index contributed by atoms with van der Waals surface area (Å²) in [7, 11) is 0. The molecule has 2 amide bonds. The van der Waals surface area contributed by atoms with Crippen LogP contribution in [0, 0.1) is 23.2 Å². The molecule has 9 nitrogen and oxygen atoms in total. The summed E-state index contributed by atoms with van der Waals surface area (Å²) in [6, 6.07) is 7.34. The van der Waals surface area contributed by atoms with Gasteiger partial charge in [-0.1, -0.05) is 25.5 Å². The lowest BCUT2D eigenvalue weighted by molar-refractivity contribution is -0.156. The van der Waals surface area contributed by atoms with Crippen molar-refractivity contribution in [3.63, 3.8) is 0 Å². The summed E-state index contributed by atoms with van der Waals surface area (Å²) in [6.07, 6.45) is 0.477. The number of carboxylic acid groups (broad SMARTS) is 2. The highest BCUT2D eigenvalue weighted by atomic mass is 16.4. The van der Waals surface area contributed by atoms with Gasteiger partial charge in [-0.05, 0) is 24.1 Å². The summed E-state index contributed by atoms with van der Waals surface area (Å²) in [5.74, 6) is -6.36. The van der Waals surface area contributed by atoms with Gasteiger partial charge in [0.15, 0.2) is 0 Å². The molecule has 2 aliphatic rings. The van der Waals surface area contributed by atoms with Crippen LogP contribution in [0.15, 0.2) is 24.3 Å². The molecule has 2 aliphatic heterocycles. The smallest absolute Gasteiger partial charge is 0.325 e. The Morgan fingerprint density at radius 1 is 1.21 bits per heavy atom. The van der Waals surface area contributed by atoms with Crippen molar-refractivity contribution in [3.05, 3.63) is 35.4 Å². The molecular formula is C20H21N3O6. The Morgan fingerprint density at radius 2 is 1.86 bits per heavy atom. The maximum absolute atomic E-state index is 13.1. The zero-order valence-electron chi connectivity index (χ0n) is 15.8. The third kappa shape index (κ3) is 3.25. The second kappa shape index (κ2) is 7.64. The molecular weight excluding hydrogens is 378 g/mol. The summed E-state index contributed by atoms with van der Waals surface area (Å²) in [5.41, 5.74) is -1.19. The maximum Gasteiger partial charge on any atom is 0.325 e. The van der Waals surface area contributed by atoms with Gasteiger partial charge in [0.05, 0.1) is 29.9 Å². The number of benzene rings is 1. The minimum absolute atomic E-state index is 0.171. The van der Waals surface area contributed by atoms with Crippen molar-refractivity contribution in [2.75, 3.05) is 6.54 Å². The van der Waals surface area contributed by atoms with Crippen molar-refractivity contribution in [1.29, 1.82) is 5.26 Å². The van der Waals surface area contributed by atoms with Gasteiger partial charge in [-0.25, -0.2) is 0 Å². The first-order valence-corrected chi connectivity index (χ1v) is 9.35. The van der Waals surface area contributed by atoms with Gasteiger partial charge in [0, 0.05) is 12.6 Å². The fraction of sp³-hybridized carbons (Fsp3) is 0.450. The number of hydrogen-bond donors (Lipinski definition) is 3. The van der Waals surface area contributed by atoms with Gasteiger partial charge < -0.3 is 10.2 Å². The lowest BCUT2D eigenvalue weighted by atomic mass is 9.77. The van der Waals surface area contributed by atoms with Gasteiger partial charge in [0.25, 0.3) is 0 Å². The van der Waals surface area contributed by atoms with Crippen LogP contribution in [0.1, 0.15) is 43.4 Å². The molecule has 29 heavy (non-hydrogen) atoms. The first-order valence-electron chi connectivity index (χ1n) is 9.35. The lowest BCUT2D eigenvalue weighted by Gasteiger charge is -2.29. The Balaban J connectivity index is 2.10. The van der Waals surface area contributed by atoms with Crippen molar-refractivity contribution in [1.82, 2.24) is 10.2 Å². The number of nitrogens with zero attached hydrogens (tertiary/aromatic N) is 2. The Kier molecular flexibility index (Phi) is 5.40. The molecule has 1 aromatic rings. The molecule has 9 heteroatoms. The number of hydrogen-bond acceptors (Lipinski definition) is 6. The van der Waals surface area contributed by atoms with E-state index in [2.05, 4.69) is 5.32 Å². The van der Waals surface area contributed by atoms with Gasteiger partial charge in [0.1, 0.15) is 5.54 Å². The summed E-state index contributed by atoms with van der Waals surface area (Å²) >= 11 is 0. The molecule has 3 rings (SSSR count). The van der Waals surface area contributed by atoms with Crippen molar-refractivity contribution < 1.29 is 29.4 Å². The molecule has 0 bridgehead atoms. The second-order valence-electron chi connectivity index (χ2n) is 7.39. The molecule has 0 saturated carbocycles. The highest BCUT2D eigenvalue weighted by Crippen LogP contribution is 2.50. The molecule has 2 saturated heterocycles. The number of unbranched alkanes of at least 4 members (excludes halogenated alkanes) is 1. The number of imide groups is 1. The Morgan fingerprint density at radius 3 is 2.38 bits per heavy atom. The molecule has 0 aromatic heterocycles. The van der Waals surface area contributed by atoms with Crippen LogP contribution >= 0.6 is 0 Å². The van der Waals surface area contributed by atoms with Crippen molar-refractivity contribution >= 4 is 23.8 Å². The van der Waals surface area contributed by atoms with Gasteiger partial charge in [0.2, 0.25) is 11.8 Å². The normalized spacial score (nSPS) is 28.3. The van der Waals surface area contributed by atoms with E-state index < -0.39 is 53.6 Å². The molecule has 0 aliphatic carbocycles. The van der Waals surface area contributed by atoms with Crippen LogP contribution in [0.3, 0.4) is 0 Å². The monoisotopic (exact) mass is 399 g/mol. The maximum atomic E-state index is 13.1. The largest absolute Gasteiger partial charge is 0.481 e. The third-order valence-corrected chi connectivity index (χ3v) is 5.69. The van der Waals surface area contributed by atoms with Gasteiger partial charge >= 0.3 is 11.9 Å². The number of carboxylic acids is 2. The number of fused-ring (bicyclic) bond motifs is 1. The molecule has 2 heterocycles. The molecule has 2 fully saturated rings. The third-order valence-electron chi connectivity index (χ3n) is 5.69. The summed E-state index contributed by atoms with van der Waals surface area (Å²) in [6.45, 7) is 2.07. The van der Waals surface area contributed by atoms with E-state index in [1.807, 2.05) is 13.0 Å². The number of amides is 2. The summed E-state index contributed by atoms with van der Waals surface area (Å²) in [4.78, 5) is 50.9. The van der Waals surface area contributed by atoms with E-state index in [0.717, 1.165) is 11.3 Å². The highest BCUT2D eigenvalue weighted by Gasteiger charge is 2.68. The van der Waals surface area contributed by atoms with Crippen molar-refractivity contribution in [2.24, 2.45) is 11.8 Å². The van der Waals surface area contributed by atoms with Crippen LogP contribution in [-0.4, -0.2) is 50.9 Å². The van der Waals surface area contributed by atoms with Crippen LogP contribution in [0.5, 0.6) is 0 Å². The van der Waals surface area contributed by atoms with Gasteiger partial charge in [-0.2, -0.15) is 5.26 Å². The first-order chi connectivity index (χ1) is 13.8. The minimum Gasteiger partial charge on any atom is -0.481 e. The van der Waals surface area contributed by atoms with E-state index in [9.17, 15) is 29.4 Å². The van der Waals surface area contributed by atoms with E-state index in [1.54, 1.807) is 12.1 Å². The number of likely N-dealkylation sites (tertiary alicyclic amines) is 1. The predicted octanol–water partition coefficient (Wildman–Crippen LogP) is 0.902. The van der Waals surface area contributed by atoms with Crippen molar-refractivity contribution in [2.45, 2.75) is 37.8 Å². The number of nitrogens with one attached hydrogen (secondary N) is 1. The predicted molar refractivity (Wildman–Crippen MR) is 98.3 cm³/mol. The molecule has 3 N–H and O–H groups in total. The number of carbonyl (C=O) groups excluding carboxylic acids is 2. The standard InChI is InChI=1S/C20H21N3O6/c1-2-3-8-23-17(26)14-15(18(23)27)20(19(28)29,9-13(24)25)22-16(14)12-6-4-11(10-21)5-7-12/h4-7,14-16,22H,2-3,8-9H2,1H3,(H,24,25)(H,28,29). The quantitative estimate of drug-likeness (QED) is 0.573. The minimum atomic E-state index is -2.09. The lowest BCUT2D eigenvalue weighted by Crippen LogP contribution is -2.57. The first kappa shape index (κ1) is 20.5. The van der Waals surface area contributed by atoms with E-state index in [4.69, 9.17) is 5.26 Å². The van der Waals surface area contributed by atoms with Gasteiger partial charge in [-0.15, -0.1) is 0 Å². The summed E-state index contributed by atoms with van der Waals surface area (Å²) < 4.78 is 0. The van der Waals surface area contributed by atoms with E-state index in [1.165, 1.54) is 12.1 Å². The zero-order valence-corrected chi connectivity index (χ0v) is 15.8. The Bertz CT molecular complexity index is 906. The van der Waals surface area contributed by atoms with Crippen LogP contribution < -0.4 is 5.32 Å². The molecule has 1 aromatic carbocycles. The number of aliphatic carboxylic acids is 2. The fourth-order valence-corrected chi connectivity index (χ4v) is 4.32. The number of rotatable bonds is 7. The molecule has 0 spiro atoms. The Hall–Kier alpha value is -3.25. The van der Waals surface area contributed by atoms with Gasteiger partial charge in [-0.3, -0.25) is 29.4 Å². The van der Waals surface area contributed by atoms with Crippen LogP contribution in [0.2, 0.25) is 0 Å². The zero-order chi connectivity index (χ0) is 21.3. The average molecular weight is 399 g/mol.